The van der Waals surface area contributed by atoms with Crippen molar-refractivity contribution in [3.05, 3.63) is 0 Å². The molecule has 1 atom stereocenters. The smallest absolute Gasteiger partial charge is 0.317 e. The number of likely N-dealkylation sites (tertiary alicyclic amines) is 1. The van der Waals surface area contributed by atoms with Gasteiger partial charge in [-0.15, -0.1) is 0 Å². The fraction of sp³-hybridized carbons (Fsp3) is 0.778. The molecule has 0 saturated carbocycles. The van der Waals surface area contributed by atoms with E-state index in [1.807, 2.05) is 0 Å². The van der Waals surface area contributed by atoms with Crippen LogP contribution in [0.5, 0.6) is 0 Å². The van der Waals surface area contributed by atoms with E-state index in [1.165, 1.54) is 6.92 Å². The van der Waals surface area contributed by atoms with Crippen LogP contribution in [-0.2, 0) is 9.59 Å². The Morgan fingerprint density at radius 3 is 2.69 bits per heavy atom. The number of hydrogen-bond donors (Lipinski definition) is 1. The molecular weight excluding hydrogens is 170 g/mol. The van der Waals surface area contributed by atoms with Crippen LogP contribution in [0.2, 0.25) is 0 Å². The quantitative estimate of drug-likeness (QED) is 0.696. The van der Waals surface area contributed by atoms with Crippen molar-refractivity contribution >= 4 is 11.8 Å². The molecule has 13 heavy (non-hydrogen) atoms. The molecule has 0 aromatic rings. The number of nitrogens with zero attached hydrogens (tertiary/aromatic N) is 1. The highest BCUT2D eigenvalue weighted by atomic mass is 16.4. The number of carbonyl (C=O) groups is 2. The molecule has 1 fully saturated rings. The molecule has 0 bridgehead atoms. The van der Waals surface area contributed by atoms with Crippen LogP contribution in [0, 0.1) is 0 Å². The molecule has 1 aliphatic heterocycles. The highest BCUT2D eigenvalue weighted by Crippen LogP contribution is 2.16. The lowest BCUT2D eigenvalue weighted by Crippen LogP contribution is -2.46. The SMILES string of the molecule is CC(=O)C1CCCCN1CC(=O)O. The molecule has 1 rings (SSSR count). The maximum atomic E-state index is 11.2. The molecule has 0 spiro atoms. The van der Waals surface area contributed by atoms with Gasteiger partial charge in [-0.2, -0.15) is 0 Å². The van der Waals surface area contributed by atoms with Gasteiger partial charge in [-0.3, -0.25) is 14.5 Å². The van der Waals surface area contributed by atoms with E-state index in [0.717, 1.165) is 25.8 Å². The minimum atomic E-state index is -0.854. The number of rotatable bonds is 3. The van der Waals surface area contributed by atoms with Crippen molar-refractivity contribution in [1.29, 1.82) is 0 Å². The monoisotopic (exact) mass is 185 g/mol. The third-order valence-corrected chi connectivity index (χ3v) is 2.42. The lowest BCUT2D eigenvalue weighted by Gasteiger charge is -2.32. The first-order valence-electron chi connectivity index (χ1n) is 4.57. The zero-order chi connectivity index (χ0) is 9.84. The largest absolute Gasteiger partial charge is 0.480 e. The Bertz CT molecular complexity index is 215. The third kappa shape index (κ3) is 2.81. The fourth-order valence-electron chi connectivity index (χ4n) is 1.81. The predicted molar refractivity (Wildman–Crippen MR) is 47.5 cm³/mol. The summed E-state index contributed by atoms with van der Waals surface area (Å²) in [6.07, 6.45) is 2.83. The molecule has 0 aromatic carbocycles. The van der Waals surface area contributed by atoms with Gasteiger partial charge in [0.2, 0.25) is 0 Å². The van der Waals surface area contributed by atoms with Crippen molar-refractivity contribution < 1.29 is 14.7 Å². The lowest BCUT2D eigenvalue weighted by atomic mass is 9.99. The number of ketones is 1. The Labute approximate surface area is 77.5 Å². The minimum absolute atomic E-state index is 0.00968. The zero-order valence-corrected chi connectivity index (χ0v) is 7.82. The molecule has 0 aliphatic carbocycles. The first kappa shape index (κ1) is 10.2. The molecule has 1 heterocycles. The van der Waals surface area contributed by atoms with Crippen LogP contribution < -0.4 is 0 Å². The molecule has 1 N–H and O–H groups in total. The maximum Gasteiger partial charge on any atom is 0.317 e. The Morgan fingerprint density at radius 2 is 2.15 bits per heavy atom. The van der Waals surface area contributed by atoms with E-state index in [0.29, 0.717) is 0 Å². The topological polar surface area (TPSA) is 57.6 Å². The van der Waals surface area contributed by atoms with Gasteiger partial charge in [-0.05, 0) is 26.3 Å². The van der Waals surface area contributed by atoms with Gasteiger partial charge in [0, 0.05) is 0 Å². The molecule has 0 amide bonds. The second-order valence-corrected chi connectivity index (χ2v) is 3.49. The third-order valence-electron chi connectivity index (χ3n) is 2.42. The minimum Gasteiger partial charge on any atom is -0.480 e. The van der Waals surface area contributed by atoms with Gasteiger partial charge >= 0.3 is 5.97 Å². The normalized spacial score (nSPS) is 24.2. The van der Waals surface area contributed by atoms with Crippen LogP contribution >= 0.6 is 0 Å². The van der Waals surface area contributed by atoms with Crippen molar-refractivity contribution in [3.63, 3.8) is 0 Å². The van der Waals surface area contributed by atoms with Crippen LogP contribution in [-0.4, -0.2) is 40.9 Å². The standard InChI is InChI=1S/C9H15NO3/c1-7(11)8-4-2-3-5-10(8)6-9(12)13/h8H,2-6H2,1H3,(H,12,13). The van der Waals surface area contributed by atoms with E-state index >= 15 is 0 Å². The first-order valence-corrected chi connectivity index (χ1v) is 4.57. The van der Waals surface area contributed by atoms with E-state index in [1.54, 1.807) is 4.90 Å². The average Bonchev–Trinajstić information content (AvgIpc) is 2.03. The van der Waals surface area contributed by atoms with Gasteiger partial charge in [0.1, 0.15) is 5.78 Å². The molecule has 1 saturated heterocycles. The van der Waals surface area contributed by atoms with E-state index in [-0.39, 0.29) is 18.4 Å². The molecule has 1 aliphatic rings. The molecule has 74 valence electrons. The van der Waals surface area contributed by atoms with Crippen LogP contribution in [0.1, 0.15) is 26.2 Å². The van der Waals surface area contributed by atoms with Crippen LogP contribution in [0.4, 0.5) is 0 Å². The van der Waals surface area contributed by atoms with Crippen molar-refractivity contribution in [2.75, 3.05) is 13.1 Å². The maximum absolute atomic E-state index is 11.2. The Balaban J connectivity index is 2.56. The number of carboxylic acids is 1. The lowest BCUT2D eigenvalue weighted by molar-refractivity contribution is -0.140. The molecule has 1 unspecified atom stereocenters. The Hall–Kier alpha value is -0.900. The molecular formula is C9H15NO3. The number of hydrogen-bond acceptors (Lipinski definition) is 3. The summed E-state index contributed by atoms with van der Waals surface area (Å²) in [7, 11) is 0. The van der Waals surface area contributed by atoms with Gasteiger partial charge < -0.3 is 5.11 Å². The zero-order valence-electron chi connectivity index (χ0n) is 7.82. The average molecular weight is 185 g/mol. The van der Waals surface area contributed by atoms with Gasteiger partial charge in [0.15, 0.2) is 0 Å². The summed E-state index contributed by atoms with van der Waals surface area (Å²) >= 11 is 0. The van der Waals surface area contributed by atoms with Crippen molar-refractivity contribution in [3.8, 4) is 0 Å². The predicted octanol–water partition coefficient (Wildman–Crippen LogP) is 0.514. The van der Waals surface area contributed by atoms with E-state index in [9.17, 15) is 9.59 Å². The van der Waals surface area contributed by atoms with Gasteiger partial charge in [-0.1, -0.05) is 6.42 Å². The van der Waals surface area contributed by atoms with E-state index in [4.69, 9.17) is 5.11 Å². The molecule has 0 aromatic heterocycles. The summed E-state index contributed by atoms with van der Waals surface area (Å²) in [4.78, 5) is 23.4. The highest BCUT2D eigenvalue weighted by Gasteiger charge is 2.26. The fourth-order valence-corrected chi connectivity index (χ4v) is 1.81. The van der Waals surface area contributed by atoms with Crippen LogP contribution in [0.25, 0.3) is 0 Å². The Kier molecular flexibility index (Phi) is 3.42. The summed E-state index contributed by atoms with van der Waals surface area (Å²) in [5.41, 5.74) is 0. The van der Waals surface area contributed by atoms with Crippen molar-refractivity contribution in [2.24, 2.45) is 0 Å². The number of piperidine rings is 1. The number of carbonyl (C=O) groups excluding carboxylic acids is 1. The second kappa shape index (κ2) is 4.37. The summed E-state index contributed by atoms with van der Waals surface area (Å²) in [6, 6.07) is -0.162. The van der Waals surface area contributed by atoms with E-state index < -0.39 is 5.97 Å². The van der Waals surface area contributed by atoms with Gasteiger partial charge in [0.25, 0.3) is 0 Å². The van der Waals surface area contributed by atoms with Crippen molar-refractivity contribution in [2.45, 2.75) is 32.2 Å². The summed E-state index contributed by atoms with van der Waals surface area (Å²) in [5, 5.41) is 8.61. The summed E-state index contributed by atoms with van der Waals surface area (Å²) in [6.45, 7) is 2.26. The highest BCUT2D eigenvalue weighted by molar-refractivity contribution is 5.82. The Morgan fingerprint density at radius 1 is 1.46 bits per heavy atom. The van der Waals surface area contributed by atoms with Gasteiger partial charge in [0.05, 0.1) is 12.6 Å². The summed E-state index contributed by atoms with van der Waals surface area (Å²) < 4.78 is 0. The van der Waals surface area contributed by atoms with Crippen LogP contribution in [0.15, 0.2) is 0 Å². The molecule has 0 radical (unpaired) electrons. The second-order valence-electron chi connectivity index (χ2n) is 3.49. The van der Waals surface area contributed by atoms with Crippen molar-refractivity contribution in [1.82, 2.24) is 4.90 Å². The molecule has 4 heteroatoms. The molecule has 4 nitrogen and oxygen atoms in total. The number of Topliss-reactive ketones (excluding diaryl/α,β-unsaturated/α-hetero) is 1. The van der Waals surface area contributed by atoms with E-state index in [2.05, 4.69) is 0 Å². The van der Waals surface area contributed by atoms with Crippen LogP contribution in [0.3, 0.4) is 0 Å². The number of carboxylic acid groups (broad SMARTS) is 1. The first-order chi connectivity index (χ1) is 6.11. The summed E-state index contributed by atoms with van der Waals surface area (Å²) in [5.74, 6) is -0.769. The number of aliphatic carboxylic acids is 1. The van der Waals surface area contributed by atoms with Gasteiger partial charge in [-0.25, -0.2) is 0 Å².